The van der Waals surface area contributed by atoms with Crippen molar-refractivity contribution in [2.75, 3.05) is 25.0 Å². The average molecular weight is 427 g/mol. The van der Waals surface area contributed by atoms with E-state index >= 15 is 0 Å². The quantitative estimate of drug-likeness (QED) is 0.573. The van der Waals surface area contributed by atoms with Crippen molar-refractivity contribution in [3.8, 4) is 5.75 Å². The third-order valence-corrected chi connectivity index (χ3v) is 5.75. The molecule has 1 aliphatic rings. The van der Waals surface area contributed by atoms with Gasteiger partial charge in [0.05, 0.1) is 18.5 Å². The fraction of sp³-hybridized carbons (Fsp3) is 0.542. The van der Waals surface area contributed by atoms with Gasteiger partial charge in [0.1, 0.15) is 5.75 Å². The Balaban J connectivity index is 1.43. The van der Waals surface area contributed by atoms with Crippen LogP contribution in [0.3, 0.4) is 0 Å². The van der Waals surface area contributed by atoms with Gasteiger partial charge in [-0.2, -0.15) is 5.10 Å². The van der Waals surface area contributed by atoms with Crippen molar-refractivity contribution in [3.05, 3.63) is 42.2 Å². The van der Waals surface area contributed by atoms with Crippen molar-refractivity contribution >= 4 is 17.5 Å². The van der Waals surface area contributed by atoms with Crippen LogP contribution >= 0.6 is 0 Å². The zero-order valence-corrected chi connectivity index (χ0v) is 18.7. The Morgan fingerprint density at radius 3 is 2.48 bits per heavy atom. The van der Waals surface area contributed by atoms with E-state index in [1.807, 2.05) is 42.3 Å². The van der Waals surface area contributed by atoms with Crippen LogP contribution in [0.5, 0.6) is 5.75 Å². The van der Waals surface area contributed by atoms with Gasteiger partial charge in [-0.1, -0.05) is 26.2 Å². The fourth-order valence-electron chi connectivity index (χ4n) is 3.79. The van der Waals surface area contributed by atoms with Gasteiger partial charge in [0.25, 0.3) is 5.91 Å². The van der Waals surface area contributed by atoms with Crippen LogP contribution < -0.4 is 10.1 Å². The second-order valence-electron chi connectivity index (χ2n) is 8.07. The number of aromatic nitrogens is 2. The number of hydrogen-bond acceptors (Lipinski definition) is 4. The lowest BCUT2D eigenvalue weighted by molar-refractivity contribution is -0.121. The monoisotopic (exact) mass is 426 g/mol. The summed E-state index contributed by atoms with van der Waals surface area (Å²) < 4.78 is 7.53. The van der Waals surface area contributed by atoms with Crippen molar-refractivity contribution in [3.63, 3.8) is 0 Å². The Morgan fingerprint density at radius 1 is 1.10 bits per heavy atom. The molecule has 1 aromatic heterocycles. The summed E-state index contributed by atoms with van der Waals surface area (Å²) in [6.45, 7) is 6.84. The first kappa shape index (κ1) is 22.8. The Kier molecular flexibility index (Phi) is 8.50. The van der Waals surface area contributed by atoms with Crippen LogP contribution in [0.2, 0.25) is 0 Å². The zero-order valence-electron chi connectivity index (χ0n) is 18.7. The van der Waals surface area contributed by atoms with Crippen molar-refractivity contribution in [1.82, 2.24) is 14.7 Å². The maximum atomic E-state index is 12.8. The number of likely N-dealkylation sites (tertiary alicyclic amines) is 1. The first-order chi connectivity index (χ1) is 15.1. The molecule has 1 saturated heterocycles. The standard InChI is InChI=1S/C24H34N4O3/c1-3-5-6-7-16-31-22-10-8-20(9-11-22)24(30)27-14-12-19(13-15-27)23(29)26-21-17-25-28(4-2)18-21/h8-11,17-19H,3-7,12-16H2,1-2H3,(H,26,29). The lowest BCUT2D eigenvalue weighted by Gasteiger charge is -2.31. The summed E-state index contributed by atoms with van der Waals surface area (Å²) in [4.78, 5) is 27.2. The van der Waals surface area contributed by atoms with Crippen LogP contribution in [0.25, 0.3) is 0 Å². The average Bonchev–Trinajstić information content (AvgIpc) is 3.26. The van der Waals surface area contributed by atoms with Crippen LogP contribution in [-0.2, 0) is 11.3 Å². The van der Waals surface area contributed by atoms with E-state index < -0.39 is 0 Å². The van der Waals surface area contributed by atoms with Crippen LogP contribution in [0.4, 0.5) is 5.69 Å². The number of hydrogen-bond donors (Lipinski definition) is 1. The van der Waals surface area contributed by atoms with Gasteiger partial charge in [-0.3, -0.25) is 14.3 Å². The number of nitrogens with zero attached hydrogens (tertiary/aromatic N) is 3. The summed E-state index contributed by atoms with van der Waals surface area (Å²) in [5, 5.41) is 7.11. The molecule has 1 aromatic carbocycles. The summed E-state index contributed by atoms with van der Waals surface area (Å²) in [6, 6.07) is 7.38. The molecule has 3 rings (SSSR count). The predicted octanol–water partition coefficient (Wildman–Crippen LogP) is 4.35. The normalized spacial score (nSPS) is 14.5. The number of unbranched alkanes of at least 4 members (excludes halogenated alkanes) is 3. The van der Waals surface area contributed by atoms with E-state index in [4.69, 9.17) is 4.74 Å². The molecular weight excluding hydrogens is 392 g/mol. The highest BCUT2D eigenvalue weighted by Gasteiger charge is 2.28. The number of piperidine rings is 1. The third kappa shape index (κ3) is 6.57. The van der Waals surface area contributed by atoms with E-state index in [-0.39, 0.29) is 17.7 Å². The maximum absolute atomic E-state index is 12.8. The first-order valence-electron chi connectivity index (χ1n) is 11.5. The molecule has 2 aromatic rings. The molecule has 0 saturated carbocycles. The van der Waals surface area contributed by atoms with Crippen molar-refractivity contribution in [2.24, 2.45) is 5.92 Å². The van der Waals surface area contributed by atoms with Gasteiger partial charge in [0.15, 0.2) is 0 Å². The van der Waals surface area contributed by atoms with E-state index in [9.17, 15) is 9.59 Å². The lowest BCUT2D eigenvalue weighted by Crippen LogP contribution is -2.41. The Hall–Kier alpha value is -2.83. The van der Waals surface area contributed by atoms with Gasteiger partial charge in [-0.15, -0.1) is 0 Å². The van der Waals surface area contributed by atoms with Crippen LogP contribution in [0.15, 0.2) is 36.7 Å². The number of carbonyl (C=O) groups is 2. The summed E-state index contributed by atoms with van der Waals surface area (Å²) in [7, 11) is 0. The number of nitrogens with one attached hydrogen (secondary N) is 1. The topological polar surface area (TPSA) is 76.5 Å². The van der Waals surface area contributed by atoms with E-state index in [1.54, 1.807) is 10.9 Å². The number of amides is 2. The van der Waals surface area contributed by atoms with Crippen LogP contribution in [0, 0.1) is 5.92 Å². The lowest BCUT2D eigenvalue weighted by atomic mass is 9.95. The Bertz CT molecular complexity index is 839. The molecule has 0 aliphatic carbocycles. The Morgan fingerprint density at radius 2 is 1.84 bits per heavy atom. The van der Waals surface area contributed by atoms with Gasteiger partial charge in [-0.25, -0.2) is 0 Å². The molecule has 0 bridgehead atoms. The molecule has 0 radical (unpaired) electrons. The number of carbonyl (C=O) groups excluding carboxylic acids is 2. The van der Waals surface area contributed by atoms with E-state index in [1.165, 1.54) is 19.3 Å². The highest BCUT2D eigenvalue weighted by molar-refractivity contribution is 5.95. The first-order valence-corrected chi connectivity index (χ1v) is 11.5. The molecule has 0 spiro atoms. The van der Waals surface area contributed by atoms with E-state index in [0.717, 1.165) is 24.4 Å². The van der Waals surface area contributed by atoms with Gasteiger partial charge in [-0.05, 0) is 50.5 Å². The minimum atomic E-state index is -0.0856. The minimum Gasteiger partial charge on any atom is -0.494 e. The highest BCUT2D eigenvalue weighted by Crippen LogP contribution is 2.22. The number of ether oxygens (including phenoxy) is 1. The van der Waals surface area contributed by atoms with Crippen molar-refractivity contribution in [1.29, 1.82) is 0 Å². The van der Waals surface area contributed by atoms with Gasteiger partial charge in [0.2, 0.25) is 5.91 Å². The van der Waals surface area contributed by atoms with Gasteiger partial charge >= 0.3 is 0 Å². The summed E-state index contributed by atoms with van der Waals surface area (Å²) in [5.41, 5.74) is 1.38. The molecule has 0 atom stereocenters. The van der Waals surface area contributed by atoms with E-state index in [2.05, 4.69) is 17.3 Å². The van der Waals surface area contributed by atoms with Crippen LogP contribution in [0.1, 0.15) is 62.7 Å². The van der Waals surface area contributed by atoms with Gasteiger partial charge < -0.3 is 15.0 Å². The highest BCUT2D eigenvalue weighted by atomic mass is 16.5. The number of rotatable bonds is 10. The second-order valence-corrected chi connectivity index (χ2v) is 8.07. The maximum Gasteiger partial charge on any atom is 0.253 e. The molecule has 1 fully saturated rings. The van der Waals surface area contributed by atoms with Crippen molar-refractivity contribution < 1.29 is 14.3 Å². The molecule has 1 aliphatic heterocycles. The molecule has 2 amide bonds. The van der Waals surface area contributed by atoms with Crippen molar-refractivity contribution in [2.45, 2.75) is 58.9 Å². The summed E-state index contributed by atoms with van der Waals surface area (Å²) in [5.74, 6) is 0.730. The summed E-state index contributed by atoms with van der Waals surface area (Å²) in [6.07, 6.45) is 9.51. The minimum absolute atomic E-state index is 0.00295. The molecule has 2 heterocycles. The fourth-order valence-corrected chi connectivity index (χ4v) is 3.79. The molecule has 7 nitrogen and oxygen atoms in total. The molecule has 1 N–H and O–H groups in total. The SMILES string of the molecule is CCCCCCOc1ccc(C(=O)N2CCC(C(=O)Nc3cnn(CC)c3)CC2)cc1. The Labute approximate surface area is 184 Å². The predicted molar refractivity (Wildman–Crippen MR) is 121 cm³/mol. The number of aryl methyl sites for hydroxylation is 1. The van der Waals surface area contributed by atoms with E-state index in [0.29, 0.717) is 38.1 Å². The molecule has 0 unspecified atom stereocenters. The smallest absolute Gasteiger partial charge is 0.253 e. The van der Waals surface area contributed by atoms with Gasteiger partial charge in [0, 0.05) is 37.3 Å². The molecular formula is C24H34N4O3. The zero-order chi connectivity index (χ0) is 22.1. The molecule has 7 heteroatoms. The van der Waals surface area contributed by atoms with Crippen LogP contribution in [-0.4, -0.2) is 46.2 Å². The third-order valence-electron chi connectivity index (χ3n) is 5.75. The number of anilines is 1. The molecule has 31 heavy (non-hydrogen) atoms. The number of benzene rings is 1. The summed E-state index contributed by atoms with van der Waals surface area (Å²) >= 11 is 0. The second kappa shape index (κ2) is 11.5. The molecule has 168 valence electrons. The largest absolute Gasteiger partial charge is 0.494 e.